The minimum absolute atomic E-state index is 0.0110. The van der Waals surface area contributed by atoms with Gasteiger partial charge in [0.2, 0.25) is 5.78 Å². The lowest BCUT2D eigenvalue weighted by Gasteiger charge is -2.46. The van der Waals surface area contributed by atoms with Crippen molar-refractivity contribution in [2.45, 2.75) is 31.4 Å². The monoisotopic (exact) mass is 604 g/mol. The van der Waals surface area contributed by atoms with Crippen LogP contribution in [0.1, 0.15) is 29.5 Å². The number of hydrogen-bond acceptors (Lipinski definition) is 11. The summed E-state index contributed by atoms with van der Waals surface area (Å²) in [5.41, 5.74) is 4.15. The number of carbonyl (C=O) groups is 3. The van der Waals surface area contributed by atoms with Crippen molar-refractivity contribution in [2.24, 2.45) is 17.6 Å². The zero-order chi connectivity index (χ0) is 31.7. The number of aromatic hydroxyl groups is 1. The second-order valence-corrected chi connectivity index (χ2v) is 11.5. The third kappa shape index (κ3) is 4.30. The Bertz CT molecular complexity index is 1810. The van der Waals surface area contributed by atoms with Crippen molar-refractivity contribution in [3.8, 4) is 17.0 Å². The highest BCUT2D eigenvalue weighted by Gasteiger charge is 2.60. The lowest BCUT2D eigenvalue weighted by Crippen LogP contribution is -2.58. The Morgan fingerprint density at radius 1 is 1.18 bits per heavy atom. The van der Waals surface area contributed by atoms with Crippen LogP contribution in [0.2, 0.25) is 0 Å². The lowest BCUT2D eigenvalue weighted by molar-refractivity contribution is -0.147. The molecule has 0 spiro atoms. The maximum Gasteiger partial charge on any atom is 0.295 e. The molecule has 0 bridgehead atoms. The molecule has 1 aromatic heterocycles. The topological polar surface area (TPSA) is 199 Å². The number of aliphatic hydroxyl groups is 3. The Kier molecular flexibility index (Phi) is 6.72. The van der Waals surface area contributed by atoms with Crippen molar-refractivity contribution >= 4 is 34.9 Å². The maximum atomic E-state index is 13.8. The fraction of sp³-hybridized carbons (Fsp3) is 0.290. The van der Waals surface area contributed by atoms with E-state index < -0.39 is 52.0 Å². The zero-order valence-electron chi connectivity index (χ0n) is 23.7. The number of phenols is 1. The molecule has 3 atom stereocenters. The van der Waals surface area contributed by atoms with Gasteiger partial charge in [-0.2, -0.15) is 4.98 Å². The molecule has 12 nitrogen and oxygen atoms in total. The van der Waals surface area contributed by atoms with Crippen molar-refractivity contribution in [2.75, 3.05) is 24.3 Å². The Hall–Kier alpha value is -5.17. The molecular weight excluding hydrogens is 575 g/mol. The second kappa shape index (κ2) is 10.2. The first-order valence-corrected chi connectivity index (χ1v) is 13.8. The number of halogens is 1. The first-order chi connectivity index (χ1) is 20.8. The average Bonchev–Trinajstić information content (AvgIpc) is 3.43. The molecule has 3 aliphatic rings. The number of rotatable bonds is 6. The van der Waals surface area contributed by atoms with E-state index in [-0.39, 0.29) is 54.5 Å². The van der Waals surface area contributed by atoms with Crippen LogP contribution in [0.15, 0.2) is 57.9 Å². The Morgan fingerprint density at radius 3 is 2.55 bits per heavy atom. The van der Waals surface area contributed by atoms with Crippen LogP contribution >= 0.6 is 0 Å². The number of amides is 1. The summed E-state index contributed by atoms with van der Waals surface area (Å²) in [4.78, 5) is 44.4. The summed E-state index contributed by atoms with van der Waals surface area (Å²) in [7, 11) is 3.56. The van der Waals surface area contributed by atoms with Crippen molar-refractivity contribution in [3.63, 3.8) is 0 Å². The van der Waals surface area contributed by atoms with Gasteiger partial charge in [0.05, 0.1) is 5.56 Å². The predicted octanol–water partition coefficient (Wildman–Crippen LogP) is 2.90. The van der Waals surface area contributed by atoms with Crippen molar-refractivity contribution in [3.05, 3.63) is 76.0 Å². The highest BCUT2D eigenvalue weighted by Crippen LogP contribution is 2.53. The van der Waals surface area contributed by atoms with Crippen molar-refractivity contribution < 1.29 is 43.6 Å². The number of nitrogens with zero attached hydrogens (tertiary/aromatic N) is 2. The van der Waals surface area contributed by atoms with Gasteiger partial charge in [0.1, 0.15) is 40.6 Å². The van der Waals surface area contributed by atoms with Crippen LogP contribution < -0.4 is 16.0 Å². The molecule has 3 aliphatic carbocycles. The number of primary amides is 1. The summed E-state index contributed by atoms with van der Waals surface area (Å²) >= 11 is 0. The van der Waals surface area contributed by atoms with Gasteiger partial charge >= 0.3 is 0 Å². The smallest absolute Gasteiger partial charge is 0.295 e. The molecule has 2 aromatic carbocycles. The van der Waals surface area contributed by atoms with Crippen LogP contribution in [0.4, 0.5) is 16.1 Å². The number of nitrogens with two attached hydrogens (primary N) is 1. The number of aromatic nitrogens is 1. The first kappa shape index (κ1) is 28.9. The Labute approximate surface area is 249 Å². The van der Waals surface area contributed by atoms with Gasteiger partial charge in [-0.05, 0) is 54.7 Å². The number of Topliss-reactive ketones (excluding diaryl/α,β-unsaturated/α-hetero) is 2. The minimum Gasteiger partial charge on any atom is -0.508 e. The molecule has 1 fully saturated rings. The number of nitrogens with one attached hydrogen (secondary N) is 1. The first-order valence-electron chi connectivity index (χ1n) is 13.8. The molecule has 0 unspecified atom stereocenters. The van der Waals surface area contributed by atoms with E-state index >= 15 is 0 Å². The number of fused-ring (bicyclic) bond motifs is 3. The molecule has 0 radical (unpaired) electrons. The Balaban J connectivity index is 1.38. The van der Waals surface area contributed by atoms with Crippen LogP contribution in [0.25, 0.3) is 17.0 Å². The molecule has 1 amide bonds. The fourth-order valence-corrected chi connectivity index (χ4v) is 6.54. The third-order valence-corrected chi connectivity index (χ3v) is 8.68. The van der Waals surface area contributed by atoms with Gasteiger partial charge in [-0.15, -0.1) is 0 Å². The van der Waals surface area contributed by atoms with E-state index in [0.29, 0.717) is 28.1 Å². The molecule has 44 heavy (non-hydrogen) atoms. The van der Waals surface area contributed by atoms with Crippen LogP contribution in [-0.2, 0) is 27.3 Å². The van der Waals surface area contributed by atoms with Crippen molar-refractivity contribution in [1.29, 1.82) is 0 Å². The van der Waals surface area contributed by atoms with E-state index in [9.17, 15) is 39.2 Å². The van der Waals surface area contributed by atoms with Gasteiger partial charge in [0, 0.05) is 55.4 Å². The molecular formula is C31H29FN4O8. The van der Waals surface area contributed by atoms with E-state index in [1.165, 1.54) is 18.4 Å². The zero-order valence-corrected chi connectivity index (χ0v) is 23.7. The SMILES string of the molecule is CN(C)c1cc(CNc2nc(-c3ccc(F)cc3)co2)c(O)c2c1C[C@H]1C[C@H]3CC(=O)C(C(N)=O)=C(O)[C@@]3(O)C(=O)C1=C2O. The summed E-state index contributed by atoms with van der Waals surface area (Å²) < 4.78 is 18.8. The predicted molar refractivity (Wildman–Crippen MR) is 155 cm³/mol. The van der Waals surface area contributed by atoms with Crippen LogP contribution in [0.3, 0.4) is 0 Å². The number of hydrogen-bond donors (Lipinski definition) is 6. The summed E-state index contributed by atoms with van der Waals surface area (Å²) in [5, 5.41) is 48.1. The van der Waals surface area contributed by atoms with Gasteiger partial charge < -0.3 is 40.8 Å². The molecule has 1 heterocycles. The van der Waals surface area contributed by atoms with Crippen molar-refractivity contribution in [1.82, 2.24) is 4.98 Å². The molecule has 6 rings (SSSR count). The number of anilines is 2. The molecule has 0 aliphatic heterocycles. The third-order valence-electron chi connectivity index (χ3n) is 8.68. The average molecular weight is 605 g/mol. The van der Waals surface area contributed by atoms with Gasteiger partial charge in [0.15, 0.2) is 11.4 Å². The number of phenolic OH excluding ortho intramolecular Hbond substituents is 1. The van der Waals surface area contributed by atoms with E-state index in [4.69, 9.17) is 10.2 Å². The molecule has 0 saturated heterocycles. The standard InChI is InChI=1S/C31H29FN4O8/c1-36(2)20-9-15(11-34-30-35-19(12-44-30)13-3-5-17(32)6-4-13)25(38)23-18(20)8-14-7-16-10-21(37)24(29(33)42)28(41)31(16,43)27(40)22(14)26(23)39/h3-6,9,12,14,16,38-39,41,43H,7-8,10-11H2,1-2H3,(H2,33,42)(H,34,35)/t14-,16+,31+/m1/s1. The van der Waals surface area contributed by atoms with Crippen LogP contribution in [0.5, 0.6) is 5.75 Å². The summed E-state index contributed by atoms with van der Waals surface area (Å²) in [6.45, 7) is -0.0110. The van der Waals surface area contributed by atoms with E-state index in [2.05, 4.69) is 10.3 Å². The number of aliphatic hydroxyl groups excluding tert-OH is 2. The van der Waals surface area contributed by atoms with E-state index in [1.54, 1.807) is 37.2 Å². The van der Waals surface area contributed by atoms with Gasteiger partial charge in [-0.3, -0.25) is 14.4 Å². The van der Waals surface area contributed by atoms with Gasteiger partial charge in [-0.1, -0.05) is 0 Å². The largest absolute Gasteiger partial charge is 0.508 e. The Morgan fingerprint density at radius 2 is 1.89 bits per heavy atom. The highest BCUT2D eigenvalue weighted by molar-refractivity contribution is 6.22. The molecule has 3 aromatic rings. The highest BCUT2D eigenvalue weighted by atomic mass is 19.1. The number of carbonyl (C=O) groups excluding carboxylic acids is 3. The van der Waals surface area contributed by atoms with Crippen LogP contribution in [-0.4, -0.2) is 62.6 Å². The van der Waals surface area contributed by atoms with Crippen LogP contribution in [0, 0.1) is 17.7 Å². The molecule has 7 N–H and O–H groups in total. The lowest BCUT2D eigenvalue weighted by atomic mass is 9.59. The minimum atomic E-state index is -2.64. The second-order valence-electron chi connectivity index (χ2n) is 11.5. The quantitative estimate of drug-likeness (QED) is 0.226. The fourth-order valence-electron chi connectivity index (χ4n) is 6.54. The molecule has 13 heteroatoms. The maximum absolute atomic E-state index is 13.8. The number of benzene rings is 2. The molecule has 228 valence electrons. The van der Waals surface area contributed by atoms with Gasteiger partial charge in [-0.25, -0.2) is 4.39 Å². The van der Waals surface area contributed by atoms with E-state index in [1.807, 2.05) is 0 Å². The summed E-state index contributed by atoms with van der Waals surface area (Å²) in [5.74, 6) is -7.21. The summed E-state index contributed by atoms with van der Waals surface area (Å²) in [6.07, 6.45) is 1.23. The normalized spacial score (nSPS) is 22.8. The number of oxazole rings is 1. The van der Waals surface area contributed by atoms with Gasteiger partial charge in [0.25, 0.3) is 11.9 Å². The number of ketones is 2. The summed E-state index contributed by atoms with van der Waals surface area (Å²) in [6, 6.07) is 7.55. The van der Waals surface area contributed by atoms with E-state index in [0.717, 1.165) is 0 Å². The molecule has 1 saturated carbocycles.